The maximum absolute atomic E-state index is 13.9. The summed E-state index contributed by atoms with van der Waals surface area (Å²) in [6, 6.07) is 8.36. The first-order valence-electron chi connectivity index (χ1n) is 7.18. The summed E-state index contributed by atoms with van der Waals surface area (Å²) in [6.07, 6.45) is 1.07. The highest BCUT2D eigenvalue weighted by atomic mass is 32.2. The molecule has 1 aromatic heterocycles. The molecule has 0 aliphatic carbocycles. The molecule has 0 spiro atoms. The van der Waals surface area contributed by atoms with Crippen molar-refractivity contribution in [2.75, 3.05) is 4.72 Å². The third kappa shape index (κ3) is 3.77. The van der Waals surface area contributed by atoms with E-state index in [1.807, 2.05) is 0 Å². The number of halogens is 5. The second-order valence-corrected chi connectivity index (χ2v) is 6.92. The number of alkyl halides is 3. The number of para-hydroxylation sites is 2. The van der Waals surface area contributed by atoms with Gasteiger partial charge in [0.05, 0.1) is 6.20 Å². The fraction of sp³-hybridized carbons (Fsp3) is 0.0625. The van der Waals surface area contributed by atoms with Crippen molar-refractivity contribution in [3.05, 3.63) is 60.3 Å². The molecule has 11 heteroatoms. The first-order valence-corrected chi connectivity index (χ1v) is 8.66. The average Bonchev–Trinajstić information content (AvgIpc) is 2.57. The van der Waals surface area contributed by atoms with Gasteiger partial charge in [-0.2, -0.15) is 21.6 Å². The molecule has 0 radical (unpaired) electrons. The van der Waals surface area contributed by atoms with E-state index in [9.17, 15) is 30.4 Å². The molecule has 142 valence electrons. The van der Waals surface area contributed by atoms with Crippen molar-refractivity contribution in [3.63, 3.8) is 0 Å². The molecule has 1 N–H and O–H groups in total. The number of rotatable bonds is 4. The summed E-state index contributed by atoms with van der Waals surface area (Å²) in [7, 11) is -5.86. The Hall–Kier alpha value is -2.95. The van der Waals surface area contributed by atoms with E-state index in [0.29, 0.717) is 5.39 Å². The van der Waals surface area contributed by atoms with Crippen LogP contribution in [0, 0.1) is 11.6 Å². The number of fused-ring (bicyclic) bond motifs is 1. The minimum atomic E-state index is -5.86. The van der Waals surface area contributed by atoms with Crippen LogP contribution in [0.25, 0.3) is 10.9 Å². The average molecular weight is 404 g/mol. The quantitative estimate of drug-likeness (QED) is 0.647. The Morgan fingerprint density at radius 3 is 2.37 bits per heavy atom. The van der Waals surface area contributed by atoms with Gasteiger partial charge in [-0.1, -0.05) is 18.2 Å². The standard InChI is InChI=1S/C16H9F5N2O3S/c17-11-4-1-3-9-7-10(8-22-14(9)11)26-13-6-2-5-12(18)15(13)23-27(24,25)16(19,20)21/h1-8,23H. The number of hydrogen-bond donors (Lipinski definition) is 1. The molecule has 0 aliphatic heterocycles. The smallest absolute Gasteiger partial charge is 0.453 e. The zero-order valence-corrected chi connectivity index (χ0v) is 13.9. The van der Waals surface area contributed by atoms with Gasteiger partial charge in [-0.25, -0.2) is 13.8 Å². The first kappa shape index (κ1) is 18.8. The molecule has 27 heavy (non-hydrogen) atoms. The maximum atomic E-state index is 13.9. The summed E-state index contributed by atoms with van der Waals surface area (Å²) in [5.41, 5.74) is -6.63. The van der Waals surface area contributed by atoms with Gasteiger partial charge in [-0.05, 0) is 24.3 Å². The second-order valence-electron chi connectivity index (χ2n) is 5.25. The van der Waals surface area contributed by atoms with Crippen LogP contribution in [0.15, 0.2) is 48.7 Å². The van der Waals surface area contributed by atoms with Crippen LogP contribution in [0.5, 0.6) is 11.5 Å². The fourth-order valence-electron chi connectivity index (χ4n) is 2.17. The first-order chi connectivity index (χ1) is 12.6. The Bertz CT molecular complexity index is 1120. The van der Waals surface area contributed by atoms with E-state index in [1.54, 1.807) is 0 Å². The number of ether oxygens (including phenoxy) is 1. The predicted octanol–water partition coefficient (Wildman–Crippen LogP) is 4.57. The van der Waals surface area contributed by atoms with E-state index in [1.165, 1.54) is 24.3 Å². The van der Waals surface area contributed by atoms with Gasteiger partial charge in [0.1, 0.15) is 22.8 Å². The van der Waals surface area contributed by atoms with Crippen molar-refractivity contribution in [1.29, 1.82) is 0 Å². The molecule has 0 aliphatic rings. The van der Waals surface area contributed by atoms with Crippen LogP contribution < -0.4 is 9.46 Å². The lowest BCUT2D eigenvalue weighted by Gasteiger charge is -2.15. The maximum Gasteiger partial charge on any atom is 0.516 e. The molecule has 0 saturated heterocycles. The van der Waals surface area contributed by atoms with Gasteiger partial charge in [0.25, 0.3) is 0 Å². The van der Waals surface area contributed by atoms with Crippen molar-refractivity contribution >= 4 is 26.6 Å². The topological polar surface area (TPSA) is 68.3 Å². The molecule has 3 rings (SSSR count). The minimum absolute atomic E-state index is 0.0297. The molecule has 0 amide bonds. The third-order valence-corrected chi connectivity index (χ3v) is 4.46. The molecule has 0 saturated carbocycles. The van der Waals surface area contributed by atoms with Crippen molar-refractivity contribution < 1.29 is 35.1 Å². The Morgan fingerprint density at radius 2 is 1.67 bits per heavy atom. The number of hydrogen-bond acceptors (Lipinski definition) is 4. The lowest BCUT2D eigenvalue weighted by molar-refractivity contribution is -0.0429. The highest BCUT2D eigenvalue weighted by Gasteiger charge is 2.46. The van der Waals surface area contributed by atoms with E-state index >= 15 is 0 Å². The zero-order valence-electron chi connectivity index (χ0n) is 13.1. The lowest BCUT2D eigenvalue weighted by Crippen LogP contribution is -2.30. The number of sulfonamides is 1. The highest BCUT2D eigenvalue weighted by Crippen LogP contribution is 2.35. The predicted molar refractivity (Wildman–Crippen MR) is 86.8 cm³/mol. The highest BCUT2D eigenvalue weighted by molar-refractivity contribution is 7.93. The van der Waals surface area contributed by atoms with Gasteiger partial charge in [0, 0.05) is 5.39 Å². The number of benzene rings is 2. The number of nitrogens with zero attached hydrogens (tertiary/aromatic N) is 1. The van der Waals surface area contributed by atoms with Crippen molar-refractivity contribution in [2.24, 2.45) is 0 Å². The van der Waals surface area contributed by atoms with Gasteiger partial charge in [-0.15, -0.1) is 0 Å². The second kappa shape index (κ2) is 6.65. The fourth-order valence-corrected chi connectivity index (χ4v) is 2.75. The summed E-state index contributed by atoms with van der Waals surface area (Å²) in [4.78, 5) is 3.83. The van der Waals surface area contributed by atoms with Crippen LogP contribution in [0.4, 0.5) is 27.6 Å². The van der Waals surface area contributed by atoms with E-state index in [2.05, 4.69) is 4.98 Å². The van der Waals surface area contributed by atoms with E-state index < -0.39 is 38.6 Å². The van der Waals surface area contributed by atoms with E-state index in [4.69, 9.17) is 4.74 Å². The van der Waals surface area contributed by atoms with E-state index in [0.717, 1.165) is 29.1 Å². The summed E-state index contributed by atoms with van der Waals surface area (Å²) in [6.45, 7) is 0. The van der Waals surface area contributed by atoms with Crippen LogP contribution in [-0.2, 0) is 10.0 Å². The Kier molecular flexibility index (Phi) is 4.64. The van der Waals surface area contributed by atoms with Gasteiger partial charge in [0.15, 0.2) is 11.6 Å². The number of aromatic nitrogens is 1. The number of pyridine rings is 1. The summed E-state index contributed by atoms with van der Waals surface area (Å²) >= 11 is 0. The molecule has 0 unspecified atom stereocenters. The molecule has 2 aromatic carbocycles. The molecule has 0 atom stereocenters. The van der Waals surface area contributed by atoms with Gasteiger partial charge in [0.2, 0.25) is 0 Å². The third-order valence-electron chi connectivity index (χ3n) is 3.38. The number of anilines is 1. The molecular formula is C16H9F5N2O3S. The monoisotopic (exact) mass is 404 g/mol. The van der Waals surface area contributed by atoms with Crippen LogP contribution in [0.2, 0.25) is 0 Å². The van der Waals surface area contributed by atoms with Gasteiger partial charge >= 0.3 is 15.5 Å². The van der Waals surface area contributed by atoms with Crippen molar-refractivity contribution in [3.8, 4) is 11.5 Å². The van der Waals surface area contributed by atoms with E-state index in [-0.39, 0.29) is 11.3 Å². The van der Waals surface area contributed by atoms with Crippen molar-refractivity contribution in [1.82, 2.24) is 4.98 Å². The number of nitrogens with one attached hydrogen (secondary N) is 1. The summed E-state index contributed by atoms with van der Waals surface area (Å²) in [5.74, 6) is -2.46. The molecule has 3 aromatic rings. The van der Waals surface area contributed by atoms with Gasteiger partial charge < -0.3 is 4.74 Å². The molecule has 5 nitrogen and oxygen atoms in total. The summed E-state index contributed by atoms with van der Waals surface area (Å²) < 4.78 is 94.2. The molecule has 0 bridgehead atoms. The molecule has 1 heterocycles. The van der Waals surface area contributed by atoms with Crippen molar-refractivity contribution in [2.45, 2.75) is 5.51 Å². The largest absolute Gasteiger partial charge is 0.516 e. The molecular weight excluding hydrogens is 395 g/mol. The van der Waals surface area contributed by atoms with Crippen LogP contribution >= 0.6 is 0 Å². The summed E-state index contributed by atoms with van der Waals surface area (Å²) in [5, 5.41) is 0.321. The zero-order chi connectivity index (χ0) is 19.8. The Morgan fingerprint density at radius 1 is 1.00 bits per heavy atom. The van der Waals surface area contributed by atoms with Crippen LogP contribution in [0.1, 0.15) is 0 Å². The Labute approximate surface area is 149 Å². The normalized spacial score (nSPS) is 12.2. The van der Waals surface area contributed by atoms with Crippen LogP contribution in [0.3, 0.4) is 0 Å². The SMILES string of the molecule is O=S(=O)(Nc1c(F)cccc1Oc1cnc2c(F)cccc2c1)C(F)(F)F. The van der Waals surface area contributed by atoms with Gasteiger partial charge in [-0.3, -0.25) is 4.72 Å². The Balaban J connectivity index is 2.00. The van der Waals surface area contributed by atoms with Crippen LogP contribution in [-0.4, -0.2) is 18.9 Å². The lowest BCUT2D eigenvalue weighted by atomic mass is 10.2. The minimum Gasteiger partial charge on any atom is -0.453 e. The molecule has 0 fully saturated rings.